The van der Waals surface area contributed by atoms with Crippen molar-refractivity contribution in [3.63, 3.8) is 0 Å². The van der Waals surface area contributed by atoms with E-state index in [4.69, 9.17) is 4.74 Å². The molecule has 5 heteroatoms. The van der Waals surface area contributed by atoms with Crippen LogP contribution in [0.3, 0.4) is 0 Å². The van der Waals surface area contributed by atoms with Gasteiger partial charge >= 0.3 is 0 Å². The quantitative estimate of drug-likeness (QED) is 0.736. The average molecular weight is 346 g/mol. The highest BCUT2D eigenvalue weighted by Gasteiger charge is 2.17. The molecular weight excluding hydrogens is 319 g/mol. The Hall–Kier alpha value is -1.88. The van der Waals surface area contributed by atoms with Gasteiger partial charge in [0.2, 0.25) is 5.91 Å². The molecule has 1 heterocycles. The first-order chi connectivity index (χ1) is 12.1. The predicted molar refractivity (Wildman–Crippen MR) is 97.1 cm³/mol. The lowest BCUT2D eigenvalue weighted by atomic mass is 9.96. The standard InChI is InChI=1S/C20H27FN2O2/c1-14(16-13-23-18-9-5-8-17(21)20(16)18)12-19(24)22-10-11-25-15-6-3-2-4-7-15/h5,8-9,13-15,23H,2-4,6-7,10-12H2,1H3,(H,22,24). The van der Waals surface area contributed by atoms with Crippen molar-refractivity contribution in [2.75, 3.05) is 13.2 Å². The molecule has 0 bridgehead atoms. The highest BCUT2D eigenvalue weighted by molar-refractivity contribution is 5.85. The smallest absolute Gasteiger partial charge is 0.220 e. The van der Waals surface area contributed by atoms with E-state index < -0.39 is 0 Å². The summed E-state index contributed by atoms with van der Waals surface area (Å²) in [4.78, 5) is 15.2. The number of aromatic amines is 1. The molecule has 1 aromatic heterocycles. The predicted octanol–water partition coefficient (Wildman–Crippen LogP) is 4.27. The number of nitrogens with one attached hydrogen (secondary N) is 2. The topological polar surface area (TPSA) is 54.1 Å². The number of rotatable bonds is 7. The maximum atomic E-state index is 14.1. The first-order valence-electron chi connectivity index (χ1n) is 9.29. The van der Waals surface area contributed by atoms with E-state index in [9.17, 15) is 9.18 Å². The second-order valence-electron chi connectivity index (χ2n) is 6.99. The van der Waals surface area contributed by atoms with Gasteiger partial charge in [0.25, 0.3) is 0 Å². The van der Waals surface area contributed by atoms with Gasteiger partial charge in [-0.2, -0.15) is 0 Å². The normalized spacial score (nSPS) is 16.9. The number of hydrogen-bond acceptors (Lipinski definition) is 2. The summed E-state index contributed by atoms with van der Waals surface area (Å²) in [7, 11) is 0. The van der Waals surface area contributed by atoms with Crippen LogP contribution in [0.25, 0.3) is 10.9 Å². The van der Waals surface area contributed by atoms with E-state index in [2.05, 4.69) is 10.3 Å². The fourth-order valence-electron chi connectivity index (χ4n) is 3.66. The molecule has 1 atom stereocenters. The highest BCUT2D eigenvalue weighted by atomic mass is 19.1. The van der Waals surface area contributed by atoms with Crippen LogP contribution in [0.5, 0.6) is 0 Å². The summed E-state index contributed by atoms with van der Waals surface area (Å²) in [5.41, 5.74) is 1.62. The van der Waals surface area contributed by atoms with Crippen LogP contribution >= 0.6 is 0 Å². The zero-order valence-electron chi connectivity index (χ0n) is 14.8. The van der Waals surface area contributed by atoms with Gasteiger partial charge in [-0.05, 0) is 36.5 Å². The number of aromatic nitrogens is 1. The van der Waals surface area contributed by atoms with E-state index in [1.807, 2.05) is 13.0 Å². The first-order valence-corrected chi connectivity index (χ1v) is 9.29. The summed E-state index contributed by atoms with van der Waals surface area (Å²) in [6, 6.07) is 4.98. The first kappa shape index (κ1) is 17.9. The molecule has 1 aromatic carbocycles. The summed E-state index contributed by atoms with van der Waals surface area (Å²) in [6.07, 6.45) is 8.57. The lowest BCUT2D eigenvalue weighted by molar-refractivity contribution is -0.121. The SMILES string of the molecule is CC(CC(=O)NCCOC1CCCCC1)c1c[nH]c2cccc(F)c12. The van der Waals surface area contributed by atoms with Crippen molar-refractivity contribution in [1.82, 2.24) is 10.3 Å². The van der Waals surface area contributed by atoms with Crippen molar-refractivity contribution in [3.8, 4) is 0 Å². The van der Waals surface area contributed by atoms with Crippen LogP contribution in [0.15, 0.2) is 24.4 Å². The molecule has 0 spiro atoms. The van der Waals surface area contributed by atoms with Gasteiger partial charge in [-0.1, -0.05) is 32.3 Å². The molecule has 1 amide bonds. The minimum atomic E-state index is -0.248. The minimum absolute atomic E-state index is 0.0227. The van der Waals surface area contributed by atoms with Crippen LogP contribution in [-0.4, -0.2) is 30.1 Å². The van der Waals surface area contributed by atoms with Crippen LogP contribution in [0.4, 0.5) is 4.39 Å². The molecule has 0 saturated heterocycles. The molecule has 1 saturated carbocycles. The Labute approximate surface area is 148 Å². The average Bonchev–Trinajstić information content (AvgIpc) is 3.05. The summed E-state index contributed by atoms with van der Waals surface area (Å²) in [5.74, 6) is -0.322. The largest absolute Gasteiger partial charge is 0.376 e. The summed E-state index contributed by atoms with van der Waals surface area (Å²) >= 11 is 0. The molecule has 2 N–H and O–H groups in total. The Balaban J connectivity index is 1.45. The van der Waals surface area contributed by atoms with E-state index in [1.165, 1.54) is 25.3 Å². The van der Waals surface area contributed by atoms with E-state index in [1.54, 1.807) is 12.3 Å². The Morgan fingerprint density at radius 2 is 2.16 bits per heavy atom. The lowest BCUT2D eigenvalue weighted by Crippen LogP contribution is -2.30. The van der Waals surface area contributed by atoms with Crippen LogP contribution in [0.1, 0.15) is 56.9 Å². The number of benzene rings is 1. The lowest BCUT2D eigenvalue weighted by Gasteiger charge is -2.22. The van der Waals surface area contributed by atoms with Gasteiger partial charge in [0, 0.05) is 30.1 Å². The number of amides is 1. The molecule has 1 aliphatic rings. The van der Waals surface area contributed by atoms with E-state index in [0.29, 0.717) is 31.1 Å². The molecule has 136 valence electrons. The van der Waals surface area contributed by atoms with E-state index in [-0.39, 0.29) is 17.6 Å². The minimum Gasteiger partial charge on any atom is -0.376 e. The number of fused-ring (bicyclic) bond motifs is 1. The highest BCUT2D eigenvalue weighted by Crippen LogP contribution is 2.29. The van der Waals surface area contributed by atoms with E-state index in [0.717, 1.165) is 23.9 Å². The Morgan fingerprint density at radius 1 is 1.36 bits per heavy atom. The molecule has 1 aliphatic carbocycles. The zero-order chi connectivity index (χ0) is 17.6. The van der Waals surface area contributed by atoms with Gasteiger partial charge < -0.3 is 15.0 Å². The van der Waals surface area contributed by atoms with Crippen LogP contribution < -0.4 is 5.32 Å². The maximum Gasteiger partial charge on any atom is 0.220 e. The van der Waals surface area contributed by atoms with E-state index >= 15 is 0 Å². The fraction of sp³-hybridized carbons (Fsp3) is 0.550. The summed E-state index contributed by atoms with van der Waals surface area (Å²) in [6.45, 7) is 3.05. The van der Waals surface area contributed by atoms with Gasteiger partial charge in [0.05, 0.1) is 12.7 Å². The number of carbonyl (C=O) groups excluding carboxylic acids is 1. The molecule has 2 aromatic rings. The summed E-state index contributed by atoms with van der Waals surface area (Å²) in [5, 5.41) is 3.50. The Bertz CT molecular complexity index is 707. The second kappa shape index (κ2) is 8.48. The Morgan fingerprint density at radius 3 is 2.96 bits per heavy atom. The van der Waals surface area contributed by atoms with Gasteiger partial charge in [-0.15, -0.1) is 0 Å². The van der Waals surface area contributed by atoms with Crippen molar-refractivity contribution >= 4 is 16.8 Å². The summed E-state index contributed by atoms with van der Waals surface area (Å²) < 4.78 is 19.9. The Kier molecular flexibility index (Phi) is 6.08. The number of hydrogen-bond donors (Lipinski definition) is 2. The van der Waals surface area contributed by atoms with Gasteiger partial charge in [-0.25, -0.2) is 4.39 Å². The maximum absolute atomic E-state index is 14.1. The second-order valence-corrected chi connectivity index (χ2v) is 6.99. The van der Waals surface area contributed by atoms with Gasteiger partial charge in [0.15, 0.2) is 0 Å². The molecule has 25 heavy (non-hydrogen) atoms. The van der Waals surface area contributed by atoms with Crippen molar-refractivity contribution in [1.29, 1.82) is 0 Å². The number of halogens is 1. The van der Waals surface area contributed by atoms with Crippen molar-refractivity contribution in [2.24, 2.45) is 0 Å². The van der Waals surface area contributed by atoms with Crippen molar-refractivity contribution in [2.45, 2.75) is 57.5 Å². The monoisotopic (exact) mass is 346 g/mol. The van der Waals surface area contributed by atoms with Crippen molar-refractivity contribution in [3.05, 3.63) is 35.8 Å². The third-order valence-electron chi connectivity index (χ3n) is 5.04. The molecule has 1 fully saturated rings. The zero-order valence-corrected chi connectivity index (χ0v) is 14.8. The molecule has 0 aliphatic heterocycles. The molecule has 3 rings (SSSR count). The number of carbonyl (C=O) groups is 1. The molecule has 1 unspecified atom stereocenters. The van der Waals surface area contributed by atoms with Gasteiger partial charge in [-0.3, -0.25) is 4.79 Å². The number of ether oxygens (including phenoxy) is 1. The third kappa shape index (κ3) is 4.60. The fourth-order valence-corrected chi connectivity index (χ4v) is 3.66. The van der Waals surface area contributed by atoms with Crippen molar-refractivity contribution < 1.29 is 13.9 Å². The molecule has 4 nitrogen and oxygen atoms in total. The third-order valence-corrected chi connectivity index (χ3v) is 5.04. The van der Waals surface area contributed by atoms with Crippen LogP contribution in [-0.2, 0) is 9.53 Å². The molecule has 0 radical (unpaired) electrons. The molecular formula is C20H27FN2O2. The number of H-pyrrole nitrogens is 1. The van der Waals surface area contributed by atoms with Gasteiger partial charge in [0.1, 0.15) is 5.82 Å². The van der Waals surface area contributed by atoms with Crippen LogP contribution in [0, 0.1) is 5.82 Å². The van der Waals surface area contributed by atoms with Crippen LogP contribution in [0.2, 0.25) is 0 Å².